The van der Waals surface area contributed by atoms with E-state index in [1.807, 2.05) is 18.2 Å². The first-order valence-electron chi connectivity index (χ1n) is 8.88. The second kappa shape index (κ2) is 7.67. The molecule has 0 unspecified atom stereocenters. The number of hydrogen-bond donors (Lipinski definition) is 0. The van der Waals surface area contributed by atoms with Crippen LogP contribution in [-0.4, -0.2) is 41.9 Å². The number of nitrogens with zero attached hydrogens (tertiary/aromatic N) is 2. The van der Waals surface area contributed by atoms with Gasteiger partial charge in [0.2, 0.25) is 5.91 Å². The van der Waals surface area contributed by atoms with E-state index < -0.39 is 0 Å². The van der Waals surface area contributed by atoms with Crippen molar-refractivity contribution in [3.8, 4) is 0 Å². The topological polar surface area (TPSA) is 23.6 Å². The number of halogens is 1. The van der Waals surface area contributed by atoms with Crippen LogP contribution in [0.3, 0.4) is 0 Å². The van der Waals surface area contributed by atoms with Crippen LogP contribution in [0.15, 0.2) is 24.3 Å². The zero-order valence-electron chi connectivity index (χ0n) is 14.0. The van der Waals surface area contributed by atoms with Crippen LogP contribution >= 0.6 is 11.6 Å². The van der Waals surface area contributed by atoms with Gasteiger partial charge in [0, 0.05) is 30.6 Å². The summed E-state index contributed by atoms with van der Waals surface area (Å²) in [7, 11) is 0. The van der Waals surface area contributed by atoms with E-state index in [9.17, 15) is 4.79 Å². The molecule has 2 aliphatic heterocycles. The van der Waals surface area contributed by atoms with Gasteiger partial charge in [-0.05, 0) is 56.3 Å². The molecule has 2 saturated heterocycles. The van der Waals surface area contributed by atoms with Crippen molar-refractivity contribution < 1.29 is 4.79 Å². The van der Waals surface area contributed by atoms with E-state index in [2.05, 4.69) is 22.8 Å². The molecule has 0 aromatic heterocycles. The fraction of sp³-hybridized carbons (Fsp3) is 0.632. The van der Waals surface area contributed by atoms with Crippen molar-refractivity contribution in [2.24, 2.45) is 11.8 Å². The first kappa shape index (κ1) is 16.8. The average Bonchev–Trinajstić information content (AvgIpc) is 2.58. The SMILES string of the molecule is CC1CCN(C(=O)C2CCN(Cc3ccccc3Cl)CC2)CC1. The normalized spacial score (nSPS) is 21.6. The zero-order chi connectivity index (χ0) is 16.2. The van der Waals surface area contributed by atoms with Crippen molar-refractivity contribution in [1.29, 1.82) is 0 Å². The lowest BCUT2D eigenvalue weighted by Gasteiger charge is -2.36. The molecule has 3 rings (SSSR count). The molecule has 4 heteroatoms. The molecule has 1 aromatic rings. The van der Waals surface area contributed by atoms with Gasteiger partial charge < -0.3 is 4.90 Å². The van der Waals surface area contributed by atoms with Crippen LogP contribution in [0.25, 0.3) is 0 Å². The molecule has 0 bridgehead atoms. The zero-order valence-corrected chi connectivity index (χ0v) is 14.8. The Bertz CT molecular complexity index is 532. The lowest BCUT2D eigenvalue weighted by molar-refractivity contribution is -0.138. The minimum Gasteiger partial charge on any atom is -0.342 e. The molecule has 0 N–H and O–H groups in total. The maximum absolute atomic E-state index is 12.7. The van der Waals surface area contributed by atoms with E-state index in [0.29, 0.717) is 5.91 Å². The van der Waals surface area contributed by atoms with Crippen LogP contribution in [0.5, 0.6) is 0 Å². The molecule has 0 atom stereocenters. The van der Waals surface area contributed by atoms with Crippen molar-refractivity contribution in [3.63, 3.8) is 0 Å². The van der Waals surface area contributed by atoms with Gasteiger partial charge >= 0.3 is 0 Å². The Morgan fingerprint density at radius 2 is 1.74 bits per heavy atom. The number of hydrogen-bond acceptors (Lipinski definition) is 2. The Morgan fingerprint density at radius 3 is 2.39 bits per heavy atom. The molecular weight excluding hydrogens is 308 g/mol. The van der Waals surface area contributed by atoms with Crippen molar-refractivity contribution in [1.82, 2.24) is 9.80 Å². The fourth-order valence-corrected chi connectivity index (χ4v) is 3.89. The third-order valence-corrected chi connectivity index (χ3v) is 5.75. The lowest BCUT2D eigenvalue weighted by atomic mass is 9.92. The van der Waals surface area contributed by atoms with Gasteiger partial charge in [0.05, 0.1) is 0 Å². The molecule has 0 spiro atoms. The highest BCUT2D eigenvalue weighted by Gasteiger charge is 2.30. The van der Waals surface area contributed by atoms with Gasteiger partial charge in [0.1, 0.15) is 0 Å². The summed E-state index contributed by atoms with van der Waals surface area (Å²) in [6.45, 7) is 7.08. The van der Waals surface area contributed by atoms with Gasteiger partial charge in [-0.2, -0.15) is 0 Å². The summed E-state index contributed by atoms with van der Waals surface area (Å²) >= 11 is 6.25. The van der Waals surface area contributed by atoms with E-state index in [1.54, 1.807) is 0 Å². The standard InChI is InChI=1S/C19H27ClN2O/c1-15-6-12-22(13-7-15)19(23)16-8-10-21(11-9-16)14-17-4-2-3-5-18(17)20/h2-5,15-16H,6-14H2,1H3. The highest BCUT2D eigenvalue weighted by molar-refractivity contribution is 6.31. The van der Waals surface area contributed by atoms with Gasteiger partial charge in [-0.3, -0.25) is 9.69 Å². The van der Waals surface area contributed by atoms with Crippen LogP contribution in [0.2, 0.25) is 5.02 Å². The van der Waals surface area contributed by atoms with Crippen LogP contribution in [0, 0.1) is 11.8 Å². The third-order valence-electron chi connectivity index (χ3n) is 5.38. The Morgan fingerprint density at radius 1 is 1.09 bits per heavy atom. The van der Waals surface area contributed by atoms with Crippen molar-refractivity contribution in [3.05, 3.63) is 34.9 Å². The smallest absolute Gasteiger partial charge is 0.225 e. The van der Waals surface area contributed by atoms with E-state index >= 15 is 0 Å². The molecule has 1 amide bonds. The van der Waals surface area contributed by atoms with Crippen molar-refractivity contribution in [2.75, 3.05) is 26.2 Å². The molecule has 0 radical (unpaired) electrons. The van der Waals surface area contributed by atoms with E-state index in [-0.39, 0.29) is 5.92 Å². The monoisotopic (exact) mass is 334 g/mol. The molecule has 0 saturated carbocycles. The Balaban J connectivity index is 1.48. The second-order valence-electron chi connectivity index (χ2n) is 7.15. The summed E-state index contributed by atoms with van der Waals surface area (Å²) in [6.07, 6.45) is 4.29. The van der Waals surface area contributed by atoms with Crippen LogP contribution < -0.4 is 0 Å². The van der Waals surface area contributed by atoms with Crippen LogP contribution in [-0.2, 0) is 11.3 Å². The molecule has 2 heterocycles. The quantitative estimate of drug-likeness (QED) is 0.839. The summed E-state index contributed by atoms with van der Waals surface area (Å²) in [4.78, 5) is 17.2. The Labute approximate surface area is 144 Å². The second-order valence-corrected chi connectivity index (χ2v) is 7.56. The van der Waals surface area contributed by atoms with Crippen molar-refractivity contribution >= 4 is 17.5 Å². The Hall–Kier alpha value is -1.06. The fourth-order valence-electron chi connectivity index (χ4n) is 3.69. The van der Waals surface area contributed by atoms with Crippen LogP contribution in [0.1, 0.15) is 38.2 Å². The minimum atomic E-state index is 0.228. The van der Waals surface area contributed by atoms with Crippen molar-refractivity contribution in [2.45, 2.75) is 39.2 Å². The number of piperidine rings is 2. The Kier molecular flexibility index (Phi) is 5.60. The van der Waals surface area contributed by atoms with E-state index in [1.165, 1.54) is 5.56 Å². The molecule has 2 fully saturated rings. The molecule has 2 aliphatic rings. The van der Waals surface area contributed by atoms with Gasteiger partial charge in [-0.1, -0.05) is 36.7 Å². The number of carbonyl (C=O) groups is 1. The summed E-state index contributed by atoms with van der Waals surface area (Å²) < 4.78 is 0. The maximum Gasteiger partial charge on any atom is 0.225 e. The number of rotatable bonds is 3. The van der Waals surface area contributed by atoms with Gasteiger partial charge in [-0.25, -0.2) is 0 Å². The number of amides is 1. The van der Waals surface area contributed by atoms with Gasteiger partial charge in [-0.15, -0.1) is 0 Å². The average molecular weight is 335 g/mol. The number of benzene rings is 1. The maximum atomic E-state index is 12.7. The highest BCUT2D eigenvalue weighted by atomic mass is 35.5. The van der Waals surface area contributed by atoms with E-state index in [4.69, 9.17) is 11.6 Å². The third kappa shape index (κ3) is 4.27. The summed E-state index contributed by atoms with van der Waals surface area (Å²) in [5.41, 5.74) is 1.18. The number of likely N-dealkylation sites (tertiary alicyclic amines) is 2. The van der Waals surface area contributed by atoms with E-state index in [0.717, 1.165) is 69.3 Å². The molecule has 126 valence electrons. The first-order chi connectivity index (χ1) is 11.1. The molecule has 3 nitrogen and oxygen atoms in total. The first-order valence-corrected chi connectivity index (χ1v) is 9.26. The largest absolute Gasteiger partial charge is 0.342 e. The van der Waals surface area contributed by atoms with Gasteiger partial charge in [0.15, 0.2) is 0 Å². The molecule has 0 aliphatic carbocycles. The number of carbonyl (C=O) groups excluding carboxylic acids is 1. The predicted octanol–water partition coefficient (Wildman–Crippen LogP) is 3.81. The molecular formula is C19H27ClN2O. The summed E-state index contributed by atoms with van der Waals surface area (Å²) in [5.74, 6) is 1.40. The molecule has 1 aromatic carbocycles. The summed E-state index contributed by atoms with van der Waals surface area (Å²) in [5, 5.41) is 0.841. The van der Waals surface area contributed by atoms with Crippen LogP contribution in [0.4, 0.5) is 0 Å². The molecule has 23 heavy (non-hydrogen) atoms. The van der Waals surface area contributed by atoms with Gasteiger partial charge in [0.25, 0.3) is 0 Å². The highest BCUT2D eigenvalue weighted by Crippen LogP contribution is 2.25. The lowest BCUT2D eigenvalue weighted by Crippen LogP contribution is -2.45. The predicted molar refractivity (Wildman–Crippen MR) is 94.4 cm³/mol. The minimum absolute atomic E-state index is 0.228. The summed E-state index contributed by atoms with van der Waals surface area (Å²) in [6, 6.07) is 8.05.